The lowest BCUT2D eigenvalue weighted by atomic mass is 9.67. The lowest BCUT2D eigenvalue weighted by molar-refractivity contribution is -0.152. The molecule has 0 amide bonds. The number of ether oxygens (including phenoxy) is 5. The normalized spacial score (nSPS) is 20.4. The van der Waals surface area contributed by atoms with Gasteiger partial charge in [-0.25, -0.2) is 4.79 Å². The number of carbonyl (C=O) groups is 3. The van der Waals surface area contributed by atoms with E-state index in [4.69, 9.17) is 23.7 Å². The zero-order valence-corrected chi connectivity index (χ0v) is 23.7. The van der Waals surface area contributed by atoms with Gasteiger partial charge in [0.05, 0.1) is 40.1 Å². The summed E-state index contributed by atoms with van der Waals surface area (Å²) in [6.45, 7) is 5.50. The molecular formula is C31H35NO8. The summed E-state index contributed by atoms with van der Waals surface area (Å²) >= 11 is 0. The van der Waals surface area contributed by atoms with Gasteiger partial charge in [0.2, 0.25) is 0 Å². The summed E-state index contributed by atoms with van der Waals surface area (Å²) in [6.07, 6.45) is 0.342. The highest BCUT2D eigenvalue weighted by molar-refractivity contribution is 6.13. The Labute approximate surface area is 234 Å². The summed E-state index contributed by atoms with van der Waals surface area (Å²) in [4.78, 5) is 41.1. The molecule has 0 saturated heterocycles. The average Bonchev–Trinajstić information content (AvgIpc) is 2.96. The van der Waals surface area contributed by atoms with Crippen LogP contribution in [-0.4, -0.2) is 52.3 Å². The molecule has 40 heavy (non-hydrogen) atoms. The van der Waals surface area contributed by atoms with Crippen LogP contribution in [0, 0.1) is 5.92 Å². The molecule has 3 atom stereocenters. The molecule has 0 radical (unpaired) electrons. The molecule has 2 aromatic carbocycles. The van der Waals surface area contributed by atoms with E-state index in [1.54, 1.807) is 46.1 Å². The number of rotatable bonds is 9. The Balaban J connectivity index is 1.93. The fourth-order valence-electron chi connectivity index (χ4n) is 5.57. The monoisotopic (exact) mass is 549 g/mol. The molecule has 0 unspecified atom stereocenters. The molecule has 0 fully saturated rings. The highest BCUT2D eigenvalue weighted by atomic mass is 16.5. The third-order valence-electron chi connectivity index (χ3n) is 7.32. The molecule has 1 aliphatic carbocycles. The van der Waals surface area contributed by atoms with Gasteiger partial charge in [-0.05, 0) is 62.6 Å². The second-order valence-electron chi connectivity index (χ2n) is 9.51. The second-order valence-corrected chi connectivity index (χ2v) is 9.51. The molecule has 2 aliphatic rings. The van der Waals surface area contributed by atoms with Crippen LogP contribution >= 0.6 is 0 Å². The van der Waals surface area contributed by atoms with Gasteiger partial charge in [-0.2, -0.15) is 0 Å². The van der Waals surface area contributed by atoms with E-state index in [0.717, 1.165) is 5.56 Å². The summed E-state index contributed by atoms with van der Waals surface area (Å²) < 4.78 is 27.2. The van der Waals surface area contributed by atoms with Crippen LogP contribution in [0.5, 0.6) is 17.2 Å². The van der Waals surface area contributed by atoms with Crippen molar-refractivity contribution in [3.05, 3.63) is 76.1 Å². The number of carbonyl (C=O) groups excluding carboxylic acids is 3. The predicted molar refractivity (Wildman–Crippen MR) is 147 cm³/mol. The summed E-state index contributed by atoms with van der Waals surface area (Å²) in [7, 11) is 4.61. The first-order valence-electron chi connectivity index (χ1n) is 13.2. The minimum absolute atomic E-state index is 0.129. The van der Waals surface area contributed by atoms with Crippen LogP contribution in [0.25, 0.3) is 0 Å². The van der Waals surface area contributed by atoms with Crippen molar-refractivity contribution in [3.8, 4) is 17.2 Å². The van der Waals surface area contributed by atoms with E-state index in [-0.39, 0.29) is 13.2 Å². The van der Waals surface area contributed by atoms with Gasteiger partial charge in [0.25, 0.3) is 0 Å². The van der Waals surface area contributed by atoms with Crippen LogP contribution in [0.4, 0.5) is 0 Å². The van der Waals surface area contributed by atoms with Crippen molar-refractivity contribution in [2.75, 3.05) is 34.5 Å². The molecule has 9 nitrogen and oxygen atoms in total. The number of nitrogens with one attached hydrogen (secondary N) is 1. The third kappa shape index (κ3) is 5.28. The first-order chi connectivity index (χ1) is 19.3. The predicted octanol–water partition coefficient (Wildman–Crippen LogP) is 4.43. The average molecular weight is 550 g/mol. The molecule has 9 heteroatoms. The topological polar surface area (TPSA) is 109 Å². The Bertz CT molecular complexity index is 1380. The van der Waals surface area contributed by atoms with Crippen molar-refractivity contribution in [2.24, 2.45) is 5.92 Å². The van der Waals surface area contributed by atoms with Crippen molar-refractivity contribution >= 4 is 17.7 Å². The van der Waals surface area contributed by atoms with Gasteiger partial charge in [0.15, 0.2) is 17.3 Å². The zero-order chi connectivity index (χ0) is 29.0. The van der Waals surface area contributed by atoms with E-state index >= 15 is 0 Å². The van der Waals surface area contributed by atoms with Crippen molar-refractivity contribution < 1.29 is 38.1 Å². The lowest BCUT2D eigenvalue weighted by Crippen LogP contribution is -2.43. The van der Waals surface area contributed by atoms with Crippen LogP contribution < -0.4 is 19.5 Å². The maximum atomic E-state index is 14.4. The first kappa shape index (κ1) is 28.7. The number of hydrogen-bond donors (Lipinski definition) is 1. The smallest absolute Gasteiger partial charge is 0.336 e. The quantitative estimate of drug-likeness (QED) is 0.359. The van der Waals surface area contributed by atoms with E-state index in [1.165, 1.54) is 14.2 Å². The van der Waals surface area contributed by atoms with Gasteiger partial charge >= 0.3 is 11.9 Å². The molecule has 0 aromatic heterocycles. The van der Waals surface area contributed by atoms with Crippen LogP contribution in [0.2, 0.25) is 0 Å². The van der Waals surface area contributed by atoms with Crippen molar-refractivity contribution in [2.45, 2.75) is 39.0 Å². The van der Waals surface area contributed by atoms with E-state index in [2.05, 4.69) is 5.32 Å². The van der Waals surface area contributed by atoms with Gasteiger partial charge in [-0.15, -0.1) is 0 Å². The van der Waals surface area contributed by atoms with E-state index in [0.29, 0.717) is 51.8 Å². The second kappa shape index (κ2) is 12.3. The molecule has 4 rings (SSSR count). The lowest BCUT2D eigenvalue weighted by Gasteiger charge is -2.39. The van der Waals surface area contributed by atoms with Gasteiger partial charge in [0, 0.05) is 28.8 Å². The number of allylic oxidation sites excluding steroid dienone is 3. The fraction of sp³-hybridized carbons (Fsp3) is 0.387. The summed E-state index contributed by atoms with van der Waals surface area (Å²) in [5.74, 6) is -2.41. The summed E-state index contributed by atoms with van der Waals surface area (Å²) in [5, 5.41) is 3.31. The number of Topliss-reactive ketones (excluding diaryl/α,β-unsaturated/α-hetero) is 1. The molecule has 0 spiro atoms. The Morgan fingerprint density at radius 1 is 0.900 bits per heavy atom. The number of dihydropyridines is 1. The van der Waals surface area contributed by atoms with Crippen LogP contribution in [-0.2, 0) is 23.9 Å². The highest BCUT2D eigenvalue weighted by Gasteiger charge is 2.49. The van der Waals surface area contributed by atoms with E-state index in [9.17, 15) is 14.4 Å². The summed E-state index contributed by atoms with van der Waals surface area (Å²) in [6, 6.07) is 12.6. The number of ketones is 1. The largest absolute Gasteiger partial charge is 0.497 e. The van der Waals surface area contributed by atoms with Crippen molar-refractivity contribution in [3.63, 3.8) is 0 Å². The minimum atomic E-state index is -1.11. The SMILES string of the molecule is CCOC(=O)C1=C(C)NC2=C(C(=O)[C@H](C(=O)OCC)[C@H](c3cccc(OC)c3)C2)[C@@H]1c1ccc(OC)c(OC)c1. The number of hydrogen-bond acceptors (Lipinski definition) is 9. The maximum absolute atomic E-state index is 14.4. The zero-order valence-electron chi connectivity index (χ0n) is 23.7. The first-order valence-corrected chi connectivity index (χ1v) is 13.2. The Morgan fingerprint density at radius 2 is 1.62 bits per heavy atom. The molecule has 212 valence electrons. The van der Waals surface area contributed by atoms with E-state index < -0.39 is 35.5 Å². The van der Waals surface area contributed by atoms with Crippen LogP contribution in [0.15, 0.2) is 65.0 Å². The third-order valence-corrected chi connectivity index (χ3v) is 7.32. The molecule has 1 N–H and O–H groups in total. The molecule has 0 saturated carbocycles. The maximum Gasteiger partial charge on any atom is 0.336 e. The molecule has 0 bridgehead atoms. The molecule has 2 aromatic rings. The highest BCUT2D eigenvalue weighted by Crippen LogP contribution is 2.49. The standard InChI is InChI=1S/C31H35NO8/c1-7-39-30(34)25-17(3)32-22-16-21(18-10-9-11-20(14-18)36-4)27(31(35)40-8-2)29(33)28(22)26(25)19-12-13-23(37-5)24(15-19)38-6/h9-15,21,26-27,32H,7-8,16H2,1-6H3/t21-,26+,27+/m0/s1. The Kier molecular flexibility index (Phi) is 8.82. The van der Waals surface area contributed by atoms with Crippen molar-refractivity contribution in [1.82, 2.24) is 5.32 Å². The Hall–Kier alpha value is -4.27. The van der Waals surface area contributed by atoms with Crippen LogP contribution in [0.1, 0.15) is 50.2 Å². The minimum Gasteiger partial charge on any atom is -0.497 e. The number of esters is 2. The van der Waals surface area contributed by atoms with Gasteiger partial charge in [0.1, 0.15) is 11.7 Å². The Morgan fingerprint density at radius 3 is 2.27 bits per heavy atom. The van der Waals surface area contributed by atoms with Gasteiger partial charge in [-0.1, -0.05) is 18.2 Å². The van der Waals surface area contributed by atoms with Gasteiger partial charge < -0.3 is 29.0 Å². The molecule has 1 aliphatic heterocycles. The van der Waals surface area contributed by atoms with Crippen molar-refractivity contribution in [1.29, 1.82) is 0 Å². The van der Waals surface area contributed by atoms with Gasteiger partial charge in [-0.3, -0.25) is 9.59 Å². The van der Waals surface area contributed by atoms with E-state index in [1.807, 2.05) is 24.3 Å². The number of methoxy groups -OCH3 is 3. The fourth-order valence-corrected chi connectivity index (χ4v) is 5.57. The summed E-state index contributed by atoms with van der Waals surface area (Å²) in [5.41, 5.74) is 3.25. The molecular weight excluding hydrogens is 514 g/mol. The van der Waals surface area contributed by atoms with Crippen LogP contribution in [0.3, 0.4) is 0 Å². The number of benzene rings is 2. The molecule has 1 heterocycles.